The Morgan fingerprint density at radius 1 is 1.29 bits per heavy atom. The van der Waals surface area contributed by atoms with Gasteiger partial charge in [0.1, 0.15) is 0 Å². The summed E-state index contributed by atoms with van der Waals surface area (Å²) in [4.78, 5) is 0. The van der Waals surface area contributed by atoms with Gasteiger partial charge < -0.3 is 0 Å². The number of hydrogen-bond donors (Lipinski definition) is 0. The van der Waals surface area contributed by atoms with Gasteiger partial charge in [-0.1, -0.05) is 0 Å². The van der Waals surface area contributed by atoms with Gasteiger partial charge in [-0.25, -0.2) is 12.7 Å². The summed E-state index contributed by atoms with van der Waals surface area (Å²) in [6, 6.07) is 2.06. The van der Waals surface area contributed by atoms with Crippen LogP contribution in [0.15, 0.2) is 0 Å². The highest BCUT2D eigenvalue weighted by Crippen LogP contribution is 2.14. The van der Waals surface area contributed by atoms with Crippen LogP contribution in [0.25, 0.3) is 0 Å². The number of rotatable bonds is 4. The van der Waals surface area contributed by atoms with E-state index in [2.05, 4.69) is 6.07 Å². The fourth-order valence-corrected chi connectivity index (χ4v) is 3.23. The first kappa shape index (κ1) is 11.5. The molecule has 0 N–H and O–H groups in total. The number of sulfonamides is 1. The lowest BCUT2D eigenvalue weighted by atomic mass is 10.2. The molecule has 1 fully saturated rings. The monoisotopic (exact) mass is 216 g/mol. The topological polar surface area (TPSA) is 61.2 Å². The van der Waals surface area contributed by atoms with Gasteiger partial charge in [-0.05, 0) is 25.7 Å². The minimum atomic E-state index is -2.96. The van der Waals surface area contributed by atoms with Gasteiger partial charge in [-0.15, -0.1) is 0 Å². The normalized spacial score (nSPS) is 21.6. The summed E-state index contributed by atoms with van der Waals surface area (Å²) in [5, 5.41) is 8.32. The van der Waals surface area contributed by atoms with Crippen molar-refractivity contribution < 1.29 is 8.42 Å². The highest BCUT2D eigenvalue weighted by Gasteiger charge is 2.24. The number of nitrogens with zero attached hydrogens (tertiary/aromatic N) is 2. The summed E-state index contributed by atoms with van der Waals surface area (Å²) >= 11 is 0. The molecule has 0 bridgehead atoms. The Balaban J connectivity index is 2.32. The van der Waals surface area contributed by atoms with Crippen LogP contribution in [0.4, 0.5) is 0 Å². The molecule has 0 radical (unpaired) electrons. The first-order valence-electron chi connectivity index (χ1n) is 5.01. The van der Waals surface area contributed by atoms with Crippen LogP contribution >= 0.6 is 0 Å². The summed E-state index contributed by atoms with van der Waals surface area (Å²) in [6.45, 7) is 1.25. The maximum atomic E-state index is 11.5. The zero-order chi connectivity index (χ0) is 10.4. The molecule has 80 valence electrons. The van der Waals surface area contributed by atoms with Crippen LogP contribution in [0.3, 0.4) is 0 Å². The van der Waals surface area contributed by atoms with Crippen molar-refractivity contribution in [1.29, 1.82) is 5.26 Å². The second-order valence-corrected chi connectivity index (χ2v) is 5.63. The molecule has 1 aliphatic heterocycles. The molecule has 14 heavy (non-hydrogen) atoms. The Bertz CT molecular complexity index is 305. The molecule has 0 unspecified atom stereocenters. The zero-order valence-electron chi connectivity index (χ0n) is 8.28. The molecule has 0 amide bonds. The molecule has 1 aliphatic rings. The van der Waals surface area contributed by atoms with Crippen LogP contribution in [-0.2, 0) is 10.0 Å². The van der Waals surface area contributed by atoms with E-state index in [4.69, 9.17) is 5.26 Å². The Hall–Kier alpha value is -0.600. The van der Waals surface area contributed by atoms with Crippen LogP contribution < -0.4 is 0 Å². The lowest BCUT2D eigenvalue weighted by Crippen LogP contribution is -2.38. The van der Waals surface area contributed by atoms with Crippen LogP contribution in [0.2, 0.25) is 0 Å². The third-order valence-electron chi connectivity index (χ3n) is 2.40. The standard InChI is InChI=1S/C9H16N2O2S/c10-6-2-1-3-7-11-8-4-5-9-14(11,12)13/h1-5,7-9H2. The average molecular weight is 216 g/mol. The first-order chi connectivity index (χ1) is 6.67. The third kappa shape index (κ3) is 3.28. The lowest BCUT2D eigenvalue weighted by Gasteiger charge is -2.25. The summed E-state index contributed by atoms with van der Waals surface area (Å²) in [5.74, 6) is 0.297. The average Bonchev–Trinajstić information content (AvgIpc) is 2.14. The molecule has 5 heteroatoms. The van der Waals surface area contributed by atoms with E-state index in [1.807, 2.05) is 0 Å². The summed E-state index contributed by atoms with van der Waals surface area (Å²) < 4.78 is 24.6. The van der Waals surface area contributed by atoms with Gasteiger partial charge in [-0.3, -0.25) is 0 Å². The fraction of sp³-hybridized carbons (Fsp3) is 0.889. The maximum Gasteiger partial charge on any atom is 0.214 e. The van der Waals surface area contributed by atoms with E-state index >= 15 is 0 Å². The van der Waals surface area contributed by atoms with Crippen molar-refractivity contribution >= 4 is 10.0 Å². The second kappa shape index (κ2) is 5.32. The van der Waals surface area contributed by atoms with Crippen molar-refractivity contribution in [3.63, 3.8) is 0 Å². The highest BCUT2D eigenvalue weighted by molar-refractivity contribution is 7.89. The largest absolute Gasteiger partial charge is 0.214 e. The van der Waals surface area contributed by atoms with Crippen molar-refractivity contribution in [2.24, 2.45) is 0 Å². The number of unbranched alkanes of at least 4 members (excludes halogenated alkanes) is 2. The summed E-state index contributed by atoms with van der Waals surface area (Å²) in [6.07, 6.45) is 3.87. The molecule has 1 heterocycles. The van der Waals surface area contributed by atoms with E-state index in [1.54, 1.807) is 4.31 Å². The molecule has 4 nitrogen and oxygen atoms in total. The number of nitriles is 1. The molecule has 0 aromatic carbocycles. The molecule has 0 aromatic rings. The van der Waals surface area contributed by atoms with Crippen LogP contribution in [0.5, 0.6) is 0 Å². The lowest BCUT2D eigenvalue weighted by molar-refractivity contribution is 0.375. The third-order valence-corrected chi connectivity index (χ3v) is 4.36. The minimum absolute atomic E-state index is 0.297. The maximum absolute atomic E-state index is 11.5. The van der Waals surface area contributed by atoms with Gasteiger partial charge in [-0.2, -0.15) is 5.26 Å². The molecule has 0 atom stereocenters. The zero-order valence-corrected chi connectivity index (χ0v) is 9.09. The van der Waals surface area contributed by atoms with E-state index in [0.717, 1.165) is 25.7 Å². The van der Waals surface area contributed by atoms with Crippen molar-refractivity contribution in [2.75, 3.05) is 18.8 Å². The molecule has 0 aliphatic carbocycles. The van der Waals surface area contributed by atoms with Crippen LogP contribution in [0, 0.1) is 11.3 Å². The van der Waals surface area contributed by atoms with Gasteiger partial charge in [0.25, 0.3) is 0 Å². The molecule has 0 aromatic heterocycles. The molecular weight excluding hydrogens is 200 g/mol. The van der Waals surface area contributed by atoms with Crippen molar-refractivity contribution in [3.05, 3.63) is 0 Å². The van der Waals surface area contributed by atoms with Crippen molar-refractivity contribution in [3.8, 4) is 6.07 Å². The van der Waals surface area contributed by atoms with E-state index in [0.29, 0.717) is 25.3 Å². The molecule has 1 saturated heterocycles. The van der Waals surface area contributed by atoms with Gasteiger partial charge in [0.05, 0.1) is 11.8 Å². The van der Waals surface area contributed by atoms with Crippen molar-refractivity contribution in [2.45, 2.75) is 32.1 Å². The van der Waals surface area contributed by atoms with Gasteiger partial charge in [0.15, 0.2) is 0 Å². The predicted molar refractivity (Wildman–Crippen MR) is 54.1 cm³/mol. The Morgan fingerprint density at radius 3 is 2.71 bits per heavy atom. The Labute approximate surface area is 85.6 Å². The minimum Gasteiger partial charge on any atom is -0.212 e. The van der Waals surface area contributed by atoms with E-state index in [1.165, 1.54) is 0 Å². The van der Waals surface area contributed by atoms with E-state index < -0.39 is 10.0 Å². The Kier molecular flexibility index (Phi) is 4.36. The van der Waals surface area contributed by atoms with Crippen molar-refractivity contribution in [1.82, 2.24) is 4.31 Å². The van der Waals surface area contributed by atoms with Crippen LogP contribution in [-0.4, -0.2) is 31.6 Å². The molecular formula is C9H16N2O2S. The van der Waals surface area contributed by atoms with E-state index in [9.17, 15) is 8.42 Å². The summed E-state index contributed by atoms with van der Waals surface area (Å²) in [7, 11) is -2.96. The smallest absolute Gasteiger partial charge is 0.212 e. The van der Waals surface area contributed by atoms with Gasteiger partial charge >= 0.3 is 0 Å². The van der Waals surface area contributed by atoms with E-state index in [-0.39, 0.29) is 0 Å². The van der Waals surface area contributed by atoms with Gasteiger partial charge in [0, 0.05) is 19.5 Å². The number of hydrogen-bond acceptors (Lipinski definition) is 3. The molecule has 1 rings (SSSR count). The predicted octanol–water partition coefficient (Wildman–Crippen LogP) is 1.11. The van der Waals surface area contributed by atoms with Gasteiger partial charge in [0.2, 0.25) is 10.0 Å². The Morgan fingerprint density at radius 2 is 2.07 bits per heavy atom. The fourth-order valence-electron chi connectivity index (χ4n) is 1.58. The van der Waals surface area contributed by atoms with Crippen LogP contribution in [0.1, 0.15) is 32.1 Å². The first-order valence-corrected chi connectivity index (χ1v) is 6.62. The summed E-state index contributed by atoms with van der Waals surface area (Å²) in [5.41, 5.74) is 0. The SMILES string of the molecule is N#CCCCCN1CCCCS1(=O)=O. The highest BCUT2D eigenvalue weighted by atomic mass is 32.2. The molecule has 0 saturated carbocycles. The molecule has 0 spiro atoms. The quantitative estimate of drug-likeness (QED) is 0.661. The second-order valence-electron chi connectivity index (χ2n) is 3.54.